The van der Waals surface area contributed by atoms with Gasteiger partial charge < -0.3 is 9.88 Å². The minimum Gasteiger partial charge on any atom is -0.356 e. The fourth-order valence-electron chi connectivity index (χ4n) is 3.04. The molecule has 0 saturated carbocycles. The van der Waals surface area contributed by atoms with Crippen molar-refractivity contribution < 1.29 is 4.79 Å². The number of carbonyl (C=O) groups is 1. The number of nitrogens with one attached hydrogen (secondary N) is 1. The predicted octanol–water partition coefficient (Wildman–Crippen LogP) is 3.01. The van der Waals surface area contributed by atoms with Gasteiger partial charge in [0.2, 0.25) is 5.91 Å². The molecule has 0 fully saturated rings. The zero-order valence-electron chi connectivity index (χ0n) is 15.1. The summed E-state index contributed by atoms with van der Waals surface area (Å²) in [6.07, 6.45) is 0.681. The van der Waals surface area contributed by atoms with Crippen molar-refractivity contribution >= 4 is 16.9 Å². The Bertz CT molecular complexity index is 964. The molecule has 0 aliphatic heterocycles. The van der Waals surface area contributed by atoms with E-state index in [2.05, 4.69) is 10.3 Å². The van der Waals surface area contributed by atoms with Crippen molar-refractivity contribution in [1.29, 1.82) is 0 Å². The van der Waals surface area contributed by atoms with E-state index in [1.807, 2.05) is 61.5 Å². The van der Waals surface area contributed by atoms with E-state index in [0.717, 1.165) is 16.6 Å². The van der Waals surface area contributed by atoms with E-state index in [1.165, 1.54) is 0 Å². The van der Waals surface area contributed by atoms with Crippen molar-refractivity contribution in [3.63, 3.8) is 0 Å². The van der Waals surface area contributed by atoms with Crippen LogP contribution in [0.25, 0.3) is 11.0 Å². The Hall–Kier alpha value is -2.95. The first-order valence-corrected chi connectivity index (χ1v) is 8.87. The molecule has 0 radical (unpaired) electrons. The molecule has 0 spiro atoms. The van der Waals surface area contributed by atoms with Gasteiger partial charge in [0.05, 0.1) is 17.0 Å². The Balaban J connectivity index is 1.62. The minimum absolute atomic E-state index is 0.000635. The van der Waals surface area contributed by atoms with Crippen LogP contribution in [0, 0.1) is 6.92 Å². The standard InChI is InChI=1S/C21H23N3O2/c1-15(17-9-4-3-5-10-17)20(25)22-13-8-14-24-19-12-7-6-11-18(19)23-16(2)21(24)26/h3-7,9-12,15H,8,13-14H2,1-2H3,(H,22,25)/t15-/m1/s1. The van der Waals surface area contributed by atoms with Gasteiger partial charge in [-0.15, -0.1) is 0 Å². The van der Waals surface area contributed by atoms with Crippen LogP contribution in [0.1, 0.15) is 30.5 Å². The average molecular weight is 349 g/mol. The molecule has 3 rings (SSSR count). The van der Waals surface area contributed by atoms with Gasteiger partial charge >= 0.3 is 0 Å². The number of para-hydroxylation sites is 2. The van der Waals surface area contributed by atoms with E-state index in [9.17, 15) is 9.59 Å². The van der Waals surface area contributed by atoms with Gasteiger partial charge in [-0.05, 0) is 38.0 Å². The molecule has 0 aliphatic carbocycles. The van der Waals surface area contributed by atoms with Crippen LogP contribution in [-0.2, 0) is 11.3 Å². The first kappa shape index (κ1) is 17.9. The number of aromatic nitrogens is 2. The van der Waals surface area contributed by atoms with E-state index in [4.69, 9.17) is 0 Å². The molecule has 5 nitrogen and oxygen atoms in total. The van der Waals surface area contributed by atoms with Crippen LogP contribution in [0.15, 0.2) is 59.4 Å². The summed E-state index contributed by atoms with van der Waals surface area (Å²) >= 11 is 0. The molecule has 1 heterocycles. The highest BCUT2D eigenvalue weighted by Gasteiger charge is 2.14. The van der Waals surface area contributed by atoms with E-state index in [1.54, 1.807) is 11.5 Å². The molecule has 0 saturated heterocycles. The average Bonchev–Trinajstić information content (AvgIpc) is 2.67. The van der Waals surface area contributed by atoms with Crippen molar-refractivity contribution in [3.05, 3.63) is 76.2 Å². The number of carbonyl (C=O) groups excluding carboxylic acids is 1. The lowest BCUT2D eigenvalue weighted by atomic mass is 10.0. The number of hydrogen-bond donors (Lipinski definition) is 1. The second-order valence-electron chi connectivity index (χ2n) is 6.42. The number of hydrogen-bond acceptors (Lipinski definition) is 3. The van der Waals surface area contributed by atoms with Crippen molar-refractivity contribution in [2.24, 2.45) is 0 Å². The fourth-order valence-corrected chi connectivity index (χ4v) is 3.04. The lowest BCUT2D eigenvalue weighted by molar-refractivity contribution is -0.122. The lowest BCUT2D eigenvalue weighted by Gasteiger charge is -2.14. The summed E-state index contributed by atoms with van der Waals surface area (Å²) in [6.45, 7) is 4.70. The third kappa shape index (κ3) is 3.82. The van der Waals surface area contributed by atoms with Crippen LogP contribution in [0.3, 0.4) is 0 Å². The molecule has 134 valence electrons. The van der Waals surface area contributed by atoms with Crippen LogP contribution in [0.2, 0.25) is 0 Å². The van der Waals surface area contributed by atoms with Gasteiger partial charge in [0.15, 0.2) is 0 Å². The van der Waals surface area contributed by atoms with Gasteiger partial charge in [-0.3, -0.25) is 9.59 Å². The first-order chi connectivity index (χ1) is 12.6. The van der Waals surface area contributed by atoms with Gasteiger partial charge in [0.1, 0.15) is 5.69 Å². The van der Waals surface area contributed by atoms with Gasteiger partial charge in [-0.25, -0.2) is 4.98 Å². The third-order valence-corrected chi connectivity index (χ3v) is 4.57. The Labute approximate surface area is 152 Å². The second kappa shape index (κ2) is 7.95. The van der Waals surface area contributed by atoms with Crippen LogP contribution in [0.4, 0.5) is 0 Å². The molecular weight excluding hydrogens is 326 g/mol. The van der Waals surface area contributed by atoms with E-state index >= 15 is 0 Å². The lowest BCUT2D eigenvalue weighted by Crippen LogP contribution is -2.31. The zero-order valence-corrected chi connectivity index (χ0v) is 15.1. The molecule has 2 aromatic carbocycles. The predicted molar refractivity (Wildman–Crippen MR) is 103 cm³/mol. The topological polar surface area (TPSA) is 64.0 Å². The molecule has 3 aromatic rings. The number of rotatable bonds is 6. The molecule has 0 unspecified atom stereocenters. The quantitative estimate of drug-likeness (QED) is 0.696. The number of aryl methyl sites for hydroxylation is 2. The number of fused-ring (bicyclic) bond motifs is 1. The third-order valence-electron chi connectivity index (χ3n) is 4.57. The van der Waals surface area contributed by atoms with E-state index in [0.29, 0.717) is 25.2 Å². The molecule has 1 aromatic heterocycles. The number of benzene rings is 2. The van der Waals surface area contributed by atoms with Crippen LogP contribution < -0.4 is 10.9 Å². The molecule has 1 atom stereocenters. The summed E-state index contributed by atoms with van der Waals surface area (Å²) in [6, 6.07) is 17.3. The summed E-state index contributed by atoms with van der Waals surface area (Å²) in [5, 5.41) is 2.96. The maximum Gasteiger partial charge on any atom is 0.272 e. The van der Waals surface area contributed by atoms with E-state index in [-0.39, 0.29) is 17.4 Å². The molecule has 0 aliphatic rings. The van der Waals surface area contributed by atoms with Gasteiger partial charge in [-0.1, -0.05) is 42.5 Å². The molecule has 1 amide bonds. The summed E-state index contributed by atoms with van der Waals surface area (Å²) in [4.78, 5) is 29.1. The molecule has 0 bridgehead atoms. The second-order valence-corrected chi connectivity index (χ2v) is 6.42. The Morgan fingerprint density at radius 2 is 1.81 bits per heavy atom. The fraction of sp³-hybridized carbons (Fsp3) is 0.286. The summed E-state index contributed by atoms with van der Waals surface area (Å²) < 4.78 is 1.74. The van der Waals surface area contributed by atoms with Crippen molar-refractivity contribution in [2.45, 2.75) is 32.7 Å². The maximum atomic E-state index is 12.4. The van der Waals surface area contributed by atoms with Crippen molar-refractivity contribution in [2.75, 3.05) is 6.54 Å². The zero-order chi connectivity index (χ0) is 18.5. The minimum atomic E-state index is -0.192. The number of nitrogens with zero attached hydrogens (tertiary/aromatic N) is 2. The Morgan fingerprint density at radius 3 is 2.58 bits per heavy atom. The molecule has 26 heavy (non-hydrogen) atoms. The van der Waals surface area contributed by atoms with Crippen molar-refractivity contribution in [3.8, 4) is 0 Å². The summed E-state index contributed by atoms with van der Waals surface area (Å²) in [5.41, 5.74) is 3.05. The first-order valence-electron chi connectivity index (χ1n) is 8.87. The highest BCUT2D eigenvalue weighted by Crippen LogP contribution is 2.14. The molecular formula is C21H23N3O2. The summed E-state index contributed by atoms with van der Waals surface area (Å²) in [5.74, 6) is -0.192. The molecule has 1 N–H and O–H groups in total. The number of amides is 1. The largest absolute Gasteiger partial charge is 0.356 e. The highest BCUT2D eigenvalue weighted by molar-refractivity contribution is 5.83. The molecule has 5 heteroatoms. The van der Waals surface area contributed by atoms with Crippen molar-refractivity contribution in [1.82, 2.24) is 14.9 Å². The Morgan fingerprint density at radius 1 is 1.12 bits per heavy atom. The van der Waals surface area contributed by atoms with E-state index < -0.39 is 0 Å². The SMILES string of the molecule is Cc1nc2ccccc2n(CCCNC(=O)[C@H](C)c2ccccc2)c1=O. The maximum absolute atomic E-state index is 12.4. The van der Waals surface area contributed by atoms with Crippen LogP contribution >= 0.6 is 0 Å². The van der Waals surface area contributed by atoms with Crippen LogP contribution in [0.5, 0.6) is 0 Å². The van der Waals surface area contributed by atoms with Crippen LogP contribution in [-0.4, -0.2) is 22.0 Å². The Kier molecular flexibility index (Phi) is 5.46. The summed E-state index contributed by atoms with van der Waals surface area (Å²) in [7, 11) is 0. The normalized spacial score (nSPS) is 12.1. The highest BCUT2D eigenvalue weighted by atomic mass is 16.2. The van der Waals surface area contributed by atoms with Gasteiger partial charge in [0.25, 0.3) is 5.56 Å². The van der Waals surface area contributed by atoms with Gasteiger partial charge in [0, 0.05) is 13.1 Å². The smallest absolute Gasteiger partial charge is 0.272 e. The monoisotopic (exact) mass is 349 g/mol. The van der Waals surface area contributed by atoms with Gasteiger partial charge in [-0.2, -0.15) is 0 Å².